The lowest BCUT2D eigenvalue weighted by Gasteiger charge is -2.14. The summed E-state index contributed by atoms with van der Waals surface area (Å²) < 4.78 is 0. The molecule has 3 aromatic rings. The van der Waals surface area contributed by atoms with Crippen molar-refractivity contribution in [2.24, 2.45) is 0 Å². The van der Waals surface area contributed by atoms with E-state index >= 15 is 0 Å². The standard InChI is InChI=1S/C16H16N2O/c1-16(2,19)14-10-12-13(18-14)8-9-17-15(12)11-6-4-3-5-7-11/h3-10,18-19H,1-2H3. The Kier molecular flexibility index (Phi) is 2.64. The number of aromatic nitrogens is 2. The fourth-order valence-electron chi connectivity index (χ4n) is 2.21. The molecule has 0 atom stereocenters. The zero-order chi connectivity index (χ0) is 13.5. The van der Waals surface area contributed by atoms with Crippen LogP contribution in [0.15, 0.2) is 48.7 Å². The van der Waals surface area contributed by atoms with Crippen LogP contribution >= 0.6 is 0 Å². The van der Waals surface area contributed by atoms with Crippen molar-refractivity contribution in [3.05, 3.63) is 54.4 Å². The van der Waals surface area contributed by atoms with E-state index in [0.717, 1.165) is 27.9 Å². The van der Waals surface area contributed by atoms with Gasteiger partial charge in [-0.3, -0.25) is 4.98 Å². The molecule has 2 heterocycles. The highest BCUT2D eigenvalue weighted by atomic mass is 16.3. The second-order valence-corrected chi connectivity index (χ2v) is 5.23. The molecular formula is C16H16N2O. The lowest BCUT2D eigenvalue weighted by molar-refractivity contribution is 0.0747. The van der Waals surface area contributed by atoms with Crippen molar-refractivity contribution >= 4 is 10.9 Å². The van der Waals surface area contributed by atoms with Crippen LogP contribution in [0.5, 0.6) is 0 Å². The highest BCUT2D eigenvalue weighted by molar-refractivity contribution is 5.93. The van der Waals surface area contributed by atoms with Crippen LogP contribution < -0.4 is 0 Å². The Morgan fingerprint density at radius 1 is 1.11 bits per heavy atom. The molecule has 0 spiro atoms. The molecule has 0 aliphatic heterocycles. The smallest absolute Gasteiger partial charge is 0.0987 e. The van der Waals surface area contributed by atoms with Gasteiger partial charge in [-0.15, -0.1) is 0 Å². The molecule has 3 nitrogen and oxygen atoms in total. The number of aliphatic hydroxyl groups is 1. The number of hydrogen-bond donors (Lipinski definition) is 2. The molecule has 0 unspecified atom stereocenters. The summed E-state index contributed by atoms with van der Waals surface area (Å²) in [5, 5.41) is 11.1. The molecule has 0 saturated heterocycles. The van der Waals surface area contributed by atoms with Gasteiger partial charge in [0.25, 0.3) is 0 Å². The largest absolute Gasteiger partial charge is 0.384 e. The lowest BCUT2D eigenvalue weighted by Crippen LogP contribution is -2.15. The van der Waals surface area contributed by atoms with E-state index in [1.165, 1.54) is 0 Å². The molecule has 2 aromatic heterocycles. The predicted molar refractivity (Wildman–Crippen MR) is 76.8 cm³/mol. The Bertz CT molecular complexity index is 708. The van der Waals surface area contributed by atoms with Crippen molar-refractivity contribution in [2.75, 3.05) is 0 Å². The molecule has 19 heavy (non-hydrogen) atoms. The van der Waals surface area contributed by atoms with Crippen LogP contribution in [0.4, 0.5) is 0 Å². The Hall–Kier alpha value is -2.13. The van der Waals surface area contributed by atoms with E-state index in [2.05, 4.69) is 9.97 Å². The fraction of sp³-hybridized carbons (Fsp3) is 0.188. The van der Waals surface area contributed by atoms with Crippen LogP contribution in [0.2, 0.25) is 0 Å². The summed E-state index contributed by atoms with van der Waals surface area (Å²) in [6, 6.07) is 14.0. The number of rotatable bonds is 2. The summed E-state index contributed by atoms with van der Waals surface area (Å²) in [5.74, 6) is 0. The molecule has 3 rings (SSSR count). The third-order valence-electron chi connectivity index (χ3n) is 3.25. The number of hydrogen-bond acceptors (Lipinski definition) is 2. The number of fused-ring (bicyclic) bond motifs is 1. The number of nitrogens with zero attached hydrogens (tertiary/aromatic N) is 1. The zero-order valence-electron chi connectivity index (χ0n) is 11.0. The highest BCUT2D eigenvalue weighted by Crippen LogP contribution is 2.30. The number of benzene rings is 1. The first-order chi connectivity index (χ1) is 9.05. The third kappa shape index (κ3) is 2.13. The van der Waals surface area contributed by atoms with Crippen molar-refractivity contribution < 1.29 is 5.11 Å². The molecule has 1 aromatic carbocycles. The average molecular weight is 252 g/mol. The molecule has 3 heteroatoms. The monoisotopic (exact) mass is 252 g/mol. The minimum atomic E-state index is -0.882. The van der Waals surface area contributed by atoms with Gasteiger partial charge in [-0.1, -0.05) is 30.3 Å². The van der Waals surface area contributed by atoms with E-state index < -0.39 is 5.60 Å². The maximum atomic E-state index is 10.1. The van der Waals surface area contributed by atoms with Crippen molar-refractivity contribution in [1.29, 1.82) is 0 Å². The van der Waals surface area contributed by atoms with Crippen molar-refractivity contribution in [3.63, 3.8) is 0 Å². The molecule has 0 aliphatic rings. The third-order valence-corrected chi connectivity index (χ3v) is 3.25. The first kappa shape index (κ1) is 11.9. The normalized spacial score (nSPS) is 11.9. The van der Waals surface area contributed by atoms with E-state index in [1.54, 1.807) is 20.0 Å². The van der Waals surface area contributed by atoms with E-state index in [-0.39, 0.29) is 0 Å². The quantitative estimate of drug-likeness (QED) is 0.733. The summed E-state index contributed by atoms with van der Waals surface area (Å²) in [4.78, 5) is 7.73. The second kappa shape index (κ2) is 4.21. The second-order valence-electron chi connectivity index (χ2n) is 5.23. The van der Waals surface area contributed by atoms with Gasteiger partial charge in [0.05, 0.1) is 11.3 Å². The highest BCUT2D eigenvalue weighted by Gasteiger charge is 2.19. The number of aromatic amines is 1. The zero-order valence-corrected chi connectivity index (χ0v) is 11.0. The van der Waals surface area contributed by atoms with Crippen molar-refractivity contribution in [3.8, 4) is 11.3 Å². The minimum absolute atomic E-state index is 0.799. The molecule has 0 radical (unpaired) electrons. The van der Waals surface area contributed by atoms with Crippen LogP contribution in [0.1, 0.15) is 19.5 Å². The first-order valence-electron chi connectivity index (χ1n) is 6.32. The van der Waals surface area contributed by atoms with Crippen LogP contribution in [0.25, 0.3) is 22.2 Å². The topological polar surface area (TPSA) is 48.9 Å². The molecule has 0 fully saturated rings. The summed E-state index contributed by atoms with van der Waals surface area (Å²) in [6.07, 6.45) is 1.79. The first-order valence-corrected chi connectivity index (χ1v) is 6.32. The summed E-state index contributed by atoms with van der Waals surface area (Å²) >= 11 is 0. The SMILES string of the molecule is CC(C)(O)c1cc2c(-c3ccccc3)nccc2[nH]1. The summed E-state index contributed by atoms with van der Waals surface area (Å²) in [5.41, 5.74) is 2.92. The van der Waals surface area contributed by atoms with Gasteiger partial charge >= 0.3 is 0 Å². The van der Waals surface area contributed by atoms with Gasteiger partial charge in [-0.05, 0) is 26.0 Å². The van der Waals surface area contributed by atoms with Gasteiger partial charge in [-0.25, -0.2) is 0 Å². The van der Waals surface area contributed by atoms with E-state index in [0.29, 0.717) is 0 Å². The van der Waals surface area contributed by atoms with Crippen LogP contribution in [0.3, 0.4) is 0 Å². The van der Waals surface area contributed by atoms with Gasteiger partial charge in [0.1, 0.15) is 0 Å². The molecule has 0 saturated carbocycles. The number of H-pyrrole nitrogens is 1. The molecule has 0 bridgehead atoms. The van der Waals surface area contributed by atoms with E-state index in [1.807, 2.05) is 42.5 Å². The molecule has 96 valence electrons. The Labute approximate surface area is 111 Å². The minimum Gasteiger partial charge on any atom is -0.384 e. The predicted octanol–water partition coefficient (Wildman–Crippen LogP) is 3.46. The van der Waals surface area contributed by atoms with E-state index in [4.69, 9.17) is 0 Å². The van der Waals surface area contributed by atoms with Crippen molar-refractivity contribution in [2.45, 2.75) is 19.4 Å². The van der Waals surface area contributed by atoms with Crippen molar-refractivity contribution in [1.82, 2.24) is 9.97 Å². The Morgan fingerprint density at radius 2 is 1.84 bits per heavy atom. The molecule has 0 amide bonds. The summed E-state index contributed by atoms with van der Waals surface area (Å²) in [6.45, 7) is 3.54. The maximum Gasteiger partial charge on any atom is 0.0987 e. The van der Waals surface area contributed by atoms with Gasteiger partial charge in [0, 0.05) is 28.4 Å². The van der Waals surface area contributed by atoms with Gasteiger partial charge in [-0.2, -0.15) is 0 Å². The number of nitrogens with one attached hydrogen (secondary N) is 1. The molecule has 0 aliphatic carbocycles. The van der Waals surface area contributed by atoms with Gasteiger partial charge in [0.15, 0.2) is 0 Å². The fourth-order valence-corrected chi connectivity index (χ4v) is 2.21. The lowest BCUT2D eigenvalue weighted by atomic mass is 10.0. The summed E-state index contributed by atoms with van der Waals surface area (Å²) in [7, 11) is 0. The average Bonchev–Trinajstić information content (AvgIpc) is 2.83. The Morgan fingerprint density at radius 3 is 2.53 bits per heavy atom. The van der Waals surface area contributed by atoms with Gasteiger partial charge < -0.3 is 10.1 Å². The number of pyridine rings is 1. The maximum absolute atomic E-state index is 10.1. The molecule has 2 N–H and O–H groups in total. The van der Waals surface area contributed by atoms with E-state index in [9.17, 15) is 5.11 Å². The molecular weight excluding hydrogens is 236 g/mol. The van der Waals surface area contributed by atoms with Crippen LogP contribution in [-0.4, -0.2) is 15.1 Å². The van der Waals surface area contributed by atoms with Crippen LogP contribution in [0, 0.1) is 0 Å². The Balaban J connectivity index is 2.24. The van der Waals surface area contributed by atoms with Crippen LogP contribution in [-0.2, 0) is 5.60 Å². The van der Waals surface area contributed by atoms with Gasteiger partial charge in [0.2, 0.25) is 0 Å².